The summed E-state index contributed by atoms with van der Waals surface area (Å²) in [5.74, 6) is 0.469. The number of rotatable bonds is 6. The van der Waals surface area contributed by atoms with Crippen LogP contribution in [0.25, 0.3) is 0 Å². The first-order valence-electron chi connectivity index (χ1n) is 7.40. The molecular weight excluding hydrogens is 282 g/mol. The third kappa shape index (κ3) is 4.21. The Hall–Kier alpha value is -2.08. The van der Waals surface area contributed by atoms with E-state index in [2.05, 4.69) is 5.32 Å². The number of hydrogen-bond donors (Lipinski definition) is 1. The van der Waals surface area contributed by atoms with Gasteiger partial charge in [0.05, 0.1) is 11.6 Å². The van der Waals surface area contributed by atoms with Crippen molar-refractivity contribution in [3.05, 3.63) is 24.3 Å². The quantitative estimate of drug-likeness (QED) is 0.853. The van der Waals surface area contributed by atoms with E-state index in [1.54, 1.807) is 4.90 Å². The fraction of sp³-hybridized carbons (Fsp3) is 0.500. The zero-order chi connectivity index (χ0) is 16.1. The molecule has 0 bridgehead atoms. The average Bonchev–Trinajstić information content (AvgIpc) is 2.38. The molecule has 1 aliphatic rings. The van der Waals surface area contributed by atoms with Crippen LogP contribution in [0, 0.1) is 5.92 Å². The average molecular weight is 305 g/mol. The van der Waals surface area contributed by atoms with E-state index < -0.39 is 0 Å². The Morgan fingerprint density at radius 3 is 2.64 bits per heavy atom. The molecule has 1 N–H and O–H groups in total. The fourth-order valence-electron chi connectivity index (χ4n) is 2.17. The normalized spacial score (nSPS) is 14.6. The van der Waals surface area contributed by atoms with E-state index in [0.717, 1.165) is 6.54 Å². The van der Waals surface area contributed by atoms with Gasteiger partial charge < -0.3 is 19.9 Å². The van der Waals surface area contributed by atoms with Gasteiger partial charge in [0, 0.05) is 26.6 Å². The number of hydrogen-bond acceptors (Lipinski definition) is 4. The van der Waals surface area contributed by atoms with Crippen molar-refractivity contribution in [3.63, 3.8) is 0 Å². The van der Waals surface area contributed by atoms with Crippen molar-refractivity contribution in [1.29, 1.82) is 0 Å². The van der Waals surface area contributed by atoms with Gasteiger partial charge >= 0.3 is 0 Å². The standard InChI is InChI=1S/C16H23N3O3/c1-12(20)19-10-13(11-19)16(21)17-14-6-4-5-7-15(14)22-9-8-18(2)3/h4-7,13H,8-11H2,1-3H3,(H,17,21). The molecule has 1 aromatic rings. The number of carbonyl (C=O) groups is 2. The Bertz CT molecular complexity index is 539. The first kappa shape index (κ1) is 16.3. The molecule has 1 aliphatic heterocycles. The van der Waals surface area contributed by atoms with Crippen LogP contribution in [0.3, 0.4) is 0 Å². The summed E-state index contributed by atoms with van der Waals surface area (Å²) < 4.78 is 5.72. The van der Waals surface area contributed by atoms with Gasteiger partial charge in [-0.1, -0.05) is 12.1 Å². The highest BCUT2D eigenvalue weighted by atomic mass is 16.5. The Morgan fingerprint density at radius 2 is 2.00 bits per heavy atom. The number of para-hydroxylation sites is 2. The van der Waals surface area contributed by atoms with E-state index in [-0.39, 0.29) is 17.7 Å². The Balaban J connectivity index is 1.89. The van der Waals surface area contributed by atoms with Crippen LogP contribution < -0.4 is 10.1 Å². The predicted molar refractivity (Wildman–Crippen MR) is 84.9 cm³/mol. The second-order valence-corrected chi connectivity index (χ2v) is 5.76. The molecule has 1 saturated heterocycles. The van der Waals surface area contributed by atoms with Gasteiger partial charge in [-0.05, 0) is 26.2 Å². The molecule has 0 saturated carbocycles. The second-order valence-electron chi connectivity index (χ2n) is 5.76. The molecule has 0 aliphatic carbocycles. The van der Waals surface area contributed by atoms with Gasteiger partial charge in [0.15, 0.2) is 0 Å². The molecule has 0 atom stereocenters. The lowest BCUT2D eigenvalue weighted by molar-refractivity contribution is -0.139. The van der Waals surface area contributed by atoms with Crippen molar-refractivity contribution in [3.8, 4) is 5.75 Å². The van der Waals surface area contributed by atoms with Crippen LogP contribution in [-0.2, 0) is 9.59 Å². The summed E-state index contributed by atoms with van der Waals surface area (Å²) in [4.78, 5) is 27.0. The van der Waals surface area contributed by atoms with Crippen molar-refractivity contribution < 1.29 is 14.3 Å². The number of nitrogens with zero attached hydrogens (tertiary/aromatic N) is 2. The largest absolute Gasteiger partial charge is 0.490 e. The van der Waals surface area contributed by atoms with E-state index in [1.807, 2.05) is 43.3 Å². The number of likely N-dealkylation sites (tertiary alicyclic amines) is 1. The molecule has 0 unspecified atom stereocenters. The highest BCUT2D eigenvalue weighted by Crippen LogP contribution is 2.25. The van der Waals surface area contributed by atoms with Crippen molar-refractivity contribution in [2.75, 3.05) is 45.7 Å². The maximum Gasteiger partial charge on any atom is 0.231 e. The second kappa shape index (κ2) is 7.26. The summed E-state index contributed by atoms with van der Waals surface area (Å²) in [6, 6.07) is 7.40. The zero-order valence-corrected chi connectivity index (χ0v) is 13.3. The summed E-state index contributed by atoms with van der Waals surface area (Å²) in [5.41, 5.74) is 0.674. The number of ether oxygens (including phenoxy) is 1. The lowest BCUT2D eigenvalue weighted by Crippen LogP contribution is -2.53. The van der Waals surface area contributed by atoms with Gasteiger partial charge in [-0.25, -0.2) is 0 Å². The third-order valence-electron chi connectivity index (χ3n) is 3.64. The van der Waals surface area contributed by atoms with Crippen LogP contribution in [-0.4, -0.2) is 62.0 Å². The summed E-state index contributed by atoms with van der Waals surface area (Å²) in [6.45, 7) is 3.86. The number of benzene rings is 1. The molecule has 1 aromatic carbocycles. The van der Waals surface area contributed by atoms with Gasteiger partial charge in [0.1, 0.15) is 12.4 Å². The molecule has 6 heteroatoms. The minimum absolute atomic E-state index is 0.0106. The highest BCUT2D eigenvalue weighted by molar-refractivity contribution is 5.95. The van der Waals surface area contributed by atoms with E-state index >= 15 is 0 Å². The van der Waals surface area contributed by atoms with E-state index in [1.165, 1.54) is 6.92 Å². The molecule has 6 nitrogen and oxygen atoms in total. The molecule has 120 valence electrons. The lowest BCUT2D eigenvalue weighted by atomic mass is 9.99. The van der Waals surface area contributed by atoms with Crippen molar-refractivity contribution in [1.82, 2.24) is 9.80 Å². The first-order chi connectivity index (χ1) is 10.5. The highest BCUT2D eigenvalue weighted by Gasteiger charge is 2.34. The lowest BCUT2D eigenvalue weighted by Gasteiger charge is -2.37. The van der Waals surface area contributed by atoms with E-state index in [0.29, 0.717) is 31.1 Å². The monoisotopic (exact) mass is 305 g/mol. The van der Waals surface area contributed by atoms with Gasteiger partial charge in [0.25, 0.3) is 0 Å². The smallest absolute Gasteiger partial charge is 0.231 e. The topological polar surface area (TPSA) is 61.9 Å². The molecule has 1 fully saturated rings. The summed E-state index contributed by atoms with van der Waals surface area (Å²) in [7, 11) is 3.96. The molecular formula is C16H23N3O3. The zero-order valence-electron chi connectivity index (χ0n) is 13.3. The van der Waals surface area contributed by atoms with Crippen LogP contribution in [0.1, 0.15) is 6.92 Å². The van der Waals surface area contributed by atoms with Gasteiger partial charge in [-0.3, -0.25) is 9.59 Å². The first-order valence-corrected chi connectivity index (χ1v) is 7.40. The fourth-order valence-corrected chi connectivity index (χ4v) is 2.17. The molecule has 0 spiro atoms. The van der Waals surface area contributed by atoms with Gasteiger partial charge in [0.2, 0.25) is 11.8 Å². The summed E-state index contributed by atoms with van der Waals surface area (Å²) in [6.07, 6.45) is 0. The van der Waals surface area contributed by atoms with E-state index in [9.17, 15) is 9.59 Å². The van der Waals surface area contributed by atoms with Crippen LogP contribution >= 0.6 is 0 Å². The van der Waals surface area contributed by atoms with Gasteiger partial charge in [-0.15, -0.1) is 0 Å². The molecule has 0 radical (unpaired) electrons. The predicted octanol–water partition coefficient (Wildman–Crippen LogP) is 1.04. The number of likely N-dealkylation sites (N-methyl/N-ethyl adjacent to an activating group) is 1. The minimum atomic E-state index is -0.140. The maximum atomic E-state index is 12.2. The Morgan fingerprint density at radius 1 is 1.32 bits per heavy atom. The van der Waals surface area contributed by atoms with E-state index in [4.69, 9.17) is 4.74 Å². The van der Waals surface area contributed by atoms with Crippen molar-refractivity contribution in [2.24, 2.45) is 5.92 Å². The number of amides is 2. The summed E-state index contributed by atoms with van der Waals surface area (Å²) >= 11 is 0. The van der Waals surface area contributed by atoms with Crippen LogP contribution in [0.4, 0.5) is 5.69 Å². The molecule has 0 aromatic heterocycles. The molecule has 2 amide bonds. The SMILES string of the molecule is CC(=O)N1CC(C(=O)Nc2ccccc2OCCN(C)C)C1. The third-order valence-corrected chi connectivity index (χ3v) is 3.64. The van der Waals surface area contributed by atoms with Crippen molar-refractivity contribution >= 4 is 17.5 Å². The number of nitrogens with one attached hydrogen (secondary N) is 1. The Labute approximate surface area is 131 Å². The maximum absolute atomic E-state index is 12.2. The molecule has 2 rings (SSSR count). The van der Waals surface area contributed by atoms with Crippen LogP contribution in [0.5, 0.6) is 5.75 Å². The summed E-state index contributed by atoms with van der Waals surface area (Å²) in [5, 5.41) is 2.89. The Kier molecular flexibility index (Phi) is 5.38. The molecule has 1 heterocycles. The van der Waals surface area contributed by atoms with Crippen molar-refractivity contribution in [2.45, 2.75) is 6.92 Å². The number of anilines is 1. The van der Waals surface area contributed by atoms with Crippen LogP contribution in [0.15, 0.2) is 24.3 Å². The minimum Gasteiger partial charge on any atom is -0.490 e. The van der Waals surface area contributed by atoms with Gasteiger partial charge in [-0.2, -0.15) is 0 Å². The molecule has 22 heavy (non-hydrogen) atoms. The van der Waals surface area contributed by atoms with Crippen LogP contribution in [0.2, 0.25) is 0 Å². The number of carbonyl (C=O) groups excluding carboxylic acids is 2.